The SMILES string of the molecule is CCCOc1cc(C)ccc1CNC(=NCc1cccc(S(N)(=O)=O)c1)NCC.I. The lowest BCUT2D eigenvalue weighted by Crippen LogP contribution is -2.36. The fourth-order valence-corrected chi connectivity index (χ4v) is 3.25. The Kier molecular flexibility index (Phi) is 11.1. The van der Waals surface area contributed by atoms with Crippen molar-refractivity contribution < 1.29 is 13.2 Å². The average Bonchev–Trinajstić information content (AvgIpc) is 2.69. The Morgan fingerprint density at radius 1 is 1.13 bits per heavy atom. The van der Waals surface area contributed by atoms with Gasteiger partial charge in [0.2, 0.25) is 10.0 Å². The van der Waals surface area contributed by atoms with Crippen molar-refractivity contribution in [2.24, 2.45) is 10.1 Å². The highest BCUT2D eigenvalue weighted by Crippen LogP contribution is 2.20. The van der Waals surface area contributed by atoms with Crippen LogP contribution in [-0.4, -0.2) is 27.5 Å². The smallest absolute Gasteiger partial charge is 0.238 e. The van der Waals surface area contributed by atoms with E-state index in [-0.39, 0.29) is 28.9 Å². The van der Waals surface area contributed by atoms with Crippen LogP contribution in [0.25, 0.3) is 0 Å². The number of hydrogen-bond donors (Lipinski definition) is 3. The summed E-state index contributed by atoms with van der Waals surface area (Å²) in [5.74, 6) is 1.51. The van der Waals surface area contributed by atoms with Gasteiger partial charge in [-0.1, -0.05) is 31.2 Å². The summed E-state index contributed by atoms with van der Waals surface area (Å²) in [4.78, 5) is 4.63. The van der Waals surface area contributed by atoms with Crippen LogP contribution in [0.4, 0.5) is 0 Å². The van der Waals surface area contributed by atoms with E-state index in [9.17, 15) is 8.42 Å². The highest BCUT2D eigenvalue weighted by molar-refractivity contribution is 14.0. The maximum absolute atomic E-state index is 11.5. The minimum absolute atomic E-state index is 0. The molecule has 0 spiro atoms. The number of aryl methyl sites for hydroxylation is 1. The van der Waals surface area contributed by atoms with Crippen LogP contribution in [-0.2, 0) is 23.1 Å². The molecule has 0 saturated carbocycles. The summed E-state index contributed by atoms with van der Waals surface area (Å²) in [7, 11) is -3.73. The first kappa shape index (κ1) is 26.2. The van der Waals surface area contributed by atoms with Gasteiger partial charge in [-0.15, -0.1) is 24.0 Å². The molecule has 0 saturated heterocycles. The lowest BCUT2D eigenvalue weighted by atomic mass is 10.1. The molecular formula is C21H31IN4O3S. The van der Waals surface area contributed by atoms with E-state index in [4.69, 9.17) is 9.88 Å². The van der Waals surface area contributed by atoms with E-state index in [1.807, 2.05) is 32.0 Å². The van der Waals surface area contributed by atoms with Gasteiger partial charge in [0.15, 0.2) is 5.96 Å². The number of rotatable bonds is 9. The van der Waals surface area contributed by atoms with Crippen molar-refractivity contribution in [3.05, 3.63) is 59.2 Å². The van der Waals surface area contributed by atoms with Gasteiger partial charge < -0.3 is 15.4 Å². The van der Waals surface area contributed by atoms with Crippen molar-refractivity contribution in [1.29, 1.82) is 0 Å². The lowest BCUT2D eigenvalue weighted by molar-refractivity contribution is 0.313. The summed E-state index contributed by atoms with van der Waals surface area (Å²) in [5, 5.41) is 11.7. The zero-order valence-corrected chi connectivity index (χ0v) is 20.8. The molecule has 0 heterocycles. The van der Waals surface area contributed by atoms with Crippen LogP contribution in [0.5, 0.6) is 5.75 Å². The minimum atomic E-state index is -3.73. The van der Waals surface area contributed by atoms with Gasteiger partial charge in [0.1, 0.15) is 5.75 Å². The molecule has 0 aliphatic carbocycles. The largest absolute Gasteiger partial charge is 0.493 e. The Morgan fingerprint density at radius 3 is 2.57 bits per heavy atom. The van der Waals surface area contributed by atoms with Crippen molar-refractivity contribution in [3.63, 3.8) is 0 Å². The molecule has 7 nitrogen and oxygen atoms in total. The number of halogens is 1. The third-order valence-electron chi connectivity index (χ3n) is 4.12. The number of nitrogens with one attached hydrogen (secondary N) is 2. The molecule has 0 aromatic heterocycles. The molecule has 2 aromatic carbocycles. The van der Waals surface area contributed by atoms with Crippen LogP contribution in [0.2, 0.25) is 0 Å². The van der Waals surface area contributed by atoms with Crippen LogP contribution < -0.4 is 20.5 Å². The van der Waals surface area contributed by atoms with E-state index in [1.54, 1.807) is 12.1 Å². The van der Waals surface area contributed by atoms with Gasteiger partial charge in [0.25, 0.3) is 0 Å². The van der Waals surface area contributed by atoms with Crippen LogP contribution >= 0.6 is 24.0 Å². The lowest BCUT2D eigenvalue weighted by Gasteiger charge is -2.15. The first-order valence-corrected chi connectivity index (χ1v) is 11.2. The average molecular weight is 546 g/mol. The first-order chi connectivity index (χ1) is 13.8. The third kappa shape index (κ3) is 8.49. The molecule has 166 valence electrons. The Hall–Kier alpha value is -1.85. The zero-order chi connectivity index (χ0) is 21.3. The highest BCUT2D eigenvalue weighted by Gasteiger charge is 2.09. The van der Waals surface area contributed by atoms with E-state index in [0.29, 0.717) is 32.2 Å². The molecule has 2 aromatic rings. The second kappa shape index (κ2) is 12.8. The molecule has 0 unspecified atom stereocenters. The van der Waals surface area contributed by atoms with E-state index >= 15 is 0 Å². The van der Waals surface area contributed by atoms with E-state index in [1.165, 1.54) is 6.07 Å². The Morgan fingerprint density at radius 2 is 1.90 bits per heavy atom. The Labute approximate surface area is 196 Å². The highest BCUT2D eigenvalue weighted by atomic mass is 127. The summed E-state index contributed by atoms with van der Waals surface area (Å²) in [6.07, 6.45) is 0.947. The van der Waals surface area contributed by atoms with Gasteiger partial charge in [-0.3, -0.25) is 0 Å². The minimum Gasteiger partial charge on any atom is -0.493 e. The van der Waals surface area contributed by atoms with Crippen molar-refractivity contribution in [2.45, 2.75) is 45.2 Å². The van der Waals surface area contributed by atoms with E-state index < -0.39 is 10.0 Å². The van der Waals surface area contributed by atoms with Gasteiger partial charge in [-0.25, -0.2) is 18.5 Å². The summed E-state index contributed by atoms with van der Waals surface area (Å²) < 4.78 is 28.9. The molecule has 30 heavy (non-hydrogen) atoms. The maximum Gasteiger partial charge on any atom is 0.238 e. The topological polar surface area (TPSA) is 106 Å². The number of benzene rings is 2. The summed E-state index contributed by atoms with van der Waals surface area (Å²) in [6, 6.07) is 12.6. The Balaban J connectivity index is 0.00000450. The number of primary sulfonamides is 1. The Bertz CT molecular complexity index is 949. The molecule has 4 N–H and O–H groups in total. The van der Waals surface area contributed by atoms with Gasteiger partial charge >= 0.3 is 0 Å². The predicted octanol–water partition coefficient (Wildman–Crippen LogP) is 3.30. The van der Waals surface area contributed by atoms with Crippen LogP contribution in [0, 0.1) is 6.92 Å². The summed E-state index contributed by atoms with van der Waals surface area (Å²) in [6.45, 7) is 8.36. The molecule has 0 bridgehead atoms. The third-order valence-corrected chi connectivity index (χ3v) is 5.03. The molecule has 0 fully saturated rings. The standard InChI is InChI=1S/C21H30N4O3S.HI/c1-4-11-28-20-12-16(3)9-10-18(20)15-25-21(23-5-2)24-14-17-7-6-8-19(13-17)29(22,26)27;/h6-10,12-13H,4-5,11,14-15H2,1-3H3,(H2,22,26,27)(H2,23,24,25);1H. The van der Waals surface area contributed by atoms with Gasteiger partial charge in [0, 0.05) is 18.7 Å². The van der Waals surface area contributed by atoms with Crippen molar-refractivity contribution in [3.8, 4) is 5.75 Å². The molecule has 9 heteroatoms. The maximum atomic E-state index is 11.5. The molecule has 2 rings (SSSR count). The number of sulfonamides is 1. The number of aliphatic imine (C=N–C) groups is 1. The quantitative estimate of drug-likeness (QED) is 0.254. The van der Waals surface area contributed by atoms with Crippen molar-refractivity contribution in [2.75, 3.05) is 13.2 Å². The number of hydrogen-bond acceptors (Lipinski definition) is 4. The predicted molar refractivity (Wildman–Crippen MR) is 132 cm³/mol. The monoisotopic (exact) mass is 546 g/mol. The van der Waals surface area contributed by atoms with Gasteiger partial charge in [0.05, 0.1) is 18.0 Å². The zero-order valence-electron chi connectivity index (χ0n) is 17.6. The number of ether oxygens (including phenoxy) is 1. The van der Waals surface area contributed by atoms with E-state index in [2.05, 4.69) is 28.6 Å². The molecule has 0 atom stereocenters. The summed E-state index contributed by atoms with van der Waals surface area (Å²) in [5.41, 5.74) is 2.96. The second-order valence-electron chi connectivity index (χ2n) is 6.70. The fraction of sp³-hybridized carbons (Fsp3) is 0.381. The number of nitrogens with zero attached hydrogens (tertiary/aromatic N) is 1. The fourth-order valence-electron chi connectivity index (χ4n) is 2.67. The number of guanidine groups is 1. The molecule has 0 aliphatic heterocycles. The molecule has 0 aliphatic rings. The second-order valence-corrected chi connectivity index (χ2v) is 8.26. The van der Waals surface area contributed by atoms with Crippen LogP contribution in [0.15, 0.2) is 52.4 Å². The van der Waals surface area contributed by atoms with Crippen molar-refractivity contribution in [1.82, 2.24) is 10.6 Å². The van der Waals surface area contributed by atoms with Gasteiger partial charge in [-0.05, 0) is 49.6 Å². The molecule has 0 radical (unpaired) electrons. The number of nitrogens with two attached hydrogens (primary N) is 1. The normalized spacial score (nSPS) is 11.5. The van der Waals surface area contributed by atoms with Crippen molar-refractivity contribution >= 4 is 40.0 Å². The first-order valence-electron chi connectivity index (χ1n) is 9.69. The van der Waals surface area contributed by atoms with E-state index in [0.717, 1.165) is 28.9 Å². The van der Waals surface area contributed by atoms with Crippen LogP contribution in [0.1, 0.15) is 37.0 Å². The van der Waals surface area contributed by atoms with Gasteiger partial charge in [-0.2, -0.15) is 0 Å². The summed E-state index contributed by atoms with van der Waals surface area (Å²) >= 11 is 0. The molecule has 0 amide bonds. The molecular weight excluding hydrogens is 515 g/mol. The van der Waals surface area contributed by atoms with Crippen LogP contribution in [0.3, 0.4) is 0 Å².